The average molecular weight is 1360 g/mol. The van der Waals surface area contributed by atoms with Crippen LogP contribution >= 0.6 is 11.3 Å². The molecule has 4 heterocycles. The van der Waals surface area contributed by atoms with Crippen molar-refractivity contribution in [3.8, 4) is 0 Å². The molecule has 12 aromatic rings. The Morgan fingerprint density at radius 3 is 1.27 bits per heavy atom. The molecule has 101 heavy (non-hydrogen) atoms. The zero-order chi connectivity index (χ0) is 69.1. The minimum Gasteiger partial charge on any atom is -0.334 e. The van der Waals surface area contributed by atoms with Gasteiger partial charge in [0.2, 0.25) is 0 Å². The van der Waals surface area contributed by atoms with Crippen LogP contribution in [-0.4, -0.2) is 28.4 Å². The second kappa shape index (κ2) is 23.3. The Balaban J connectivity index is 0.979. The number of nitrogens with zero attached hydrogens (tertiary/aromatic N) is 3. The molecule has 2 saturated carbocycles. The lowest BCUT2D eigenvalue weighted by Gasteiger charge is -2.52. The highest BCUT2D eigenvalue weighted by atomic mass is 32.1. The molecule has 2 fully saturated rings. The molecule has 11 aromatic carbocycles. The molecule has 3 aliphatic heterocycles. The van der Waals surface area contributed by atoms with Gasteiger partial charge < -0.3 is 14.7 Å². The normalized spacial score (nSPS) is 21.1. The number of hydrogen-bond donors (Lipinski definition) is 0. The fraction of sp³-hybridized carbons (Fsp3) is 0.255. The largest absolute Gasteiger partial charge is 0.334 e. The van der Waals surface area contributed by atoms with E-state index in [0.29, 0.717) is 0 Å². The monoisotopic (exact) mass is 1360 g/mol. The van der Waals surface area contributed by atoms with Crippen molar-refractivity contribution >= 4 is 137 Å². The summed E-state index contributed by atoms with van der Waals surface area (Å²) < 4.78 is 1.50. The van der Waals surface area contributed by atoms with E-state index in [1.807, 2.05) is 0 Å². The van der Waals surface area contributed by atoms with Crippen LogP contribution in [0.4, 0.5) is 45.5 Å². The third-order valence-corrected chi connectivity index (χ3v) is 37.1. The quantitative estimate of drug-likeness (QED) is 0.0944. The molecule has 3 nitrogen and oxygen atoms in total. The van der Waals surface area contributed by atoms with Gasteiger partial charge in [0, 0.05) is 60.3 Å². The molecule has 0 amide bonds. The second-order valence-electron chi connectivity index (χ2n) is 33.6. The van der Waals surface area contributed by atoms with Crippen molar-refractivity contribution in [1.29, 1.82) is 0 Å². The summed E-state index contributed by atoms with van der Waals surface area (Å²) in [7, 11) is -5.99. The number of benzene rings is 11. The van der Waals surface area contributed by atoms with Crippen molar-refractivity contribution in [2.45, 2.75) is 153 Å². The Hall–Kier alpha value is -8.98. The molecule has 1 aromatic heterocycles. The molecule has 19 rings (SSSR count). The van der Waals surface area contributed by atoms with Gasteiger partial charge in [-0.05, 0) is 185 Å². The minimum atomic E-state index is -3.08. The van der Waals surface area contributed by atoms with Gasteiger partial charge in [0.1, 0.15) is 0 Å². The van der Waals surface area contributed by atoms with E-state index in [4.69, 9.17) is 0 Å². The van der Waals surface area contributed by atoms with Crippen molar-refractivity contribution in [3.63, 3.8) is 0 Å². The Kier molecular flexibility index (Phi) is 14.8. The fourth-order valence-corrected chi connectivity index (χ4v) is 31.5. The van der Waals surface area contributed by atoms with Crippen LogP contribution in [0.2, 0.25) is 0 Å². The Bertz CT molecular complexity index is 4960. The topological polar surface area (TPSA) is 9.72 Å². The van der Waals surface area contributed by atoms with Gasteiger partial charge in [0.05, 0.1) is 11.2 Å². The molecule has 7 aliphatic rings. The van der Waals surface area contributed by atoms with Crippen LogP contribution in [0.1, 0.15) is 148 Å². The standard InChI is InChI=1S/C94H92BN3SSi2/c1-89(2,3)65-43-46-68(47-44-65)97-83-63-69(98-80-53-45-66(90(4,5)6)61-78(80)93(9)55-29-30-56-94(93,98)10)62-82-85(83)95(88-86(97)84-87(99-88)92(8)59-57-91(84,7)58-60-92)79-64-77(101(73-37-23-14-24-38-73,74-39-25-15-26-40-74)75-41-27-16-28-42-75)52-54-81(79)96(82)67-48-50-76(51-49-67)100(70-31-17-11-18-32-70,71-33-19-12-20-34-71)72-35-21-13-22-36-72/h11-28,31-54,61-64H,29-30,55-60H2,1-10H3. The first-order valence-corrected chi connectivity index (χ1v) is 42.2. The minimum absolute atomic E-state index is 0.00262. The Morgan fingerprint density at radius 2 is 0.772 bits per heavy atom. The molecule has 0 radical (unpaired) electrons. The SMILES string of the molecule is CC(C)(C)c1ccc(N2c3cc(N4c5ccc(C(C)(C)C)cc5C5(C)CCCCC45C)cc4c3B(c3cc([Si](c5ccccc5)(c5ccccc5)c5ccccc5)ccc3N4c3ccc([Si](c4ccccc4)(c4ccccc4)c4ccccc4)cc3)c3sc4c(c32)C2(C)CCC4(C)CC2)cc1. The van der Waals surface area contributed by atoms with Crippen molar-refractivity contribution < 1.29 is 0 Å². The third-order valence-electron chi connectivity index (χ3n) is 25.9. The molecule has 2 atom stereocenters. The predicted octanol–water partition coefficient (Wildman–Crippen LogP) is 17.0. The lowest BCUT2D eigenvalue weighted by Crippen LogP contribution is -2.75. The van der Waals surface area contributed by atoms with Crippen LogP contribution in [0, 0.1) is 0 Å². The smallest absolute Gasteiger partial charge is 0.264 e. The van der Waals surface area contributed by atoms with E-state index >= 15 is 0 Å². The molecule has 2 unspecified atom stereocenters. The van der Waals surface area contributed by atoms with E-state index in [9.17, 15) is 0 Å². The van der Waals surface area contributed by atoms with Crippen molar-refractivity contribution in [2.75, 3.05) is 14.7 Å². The lowest BCUT2D eigenvalue weighted by atomic mass is 9.36. The Labute approximate surface area is 606 Å². The van der Waals surface area contributed by atoms with Crippen molar-refractivity contribution in [3.05, 3.63) is 306 Å². The van der Waals surface area contributed by atoms with Crippen molar-refractivity contribution in [2.24, 2.45) is 0 Å². The highest BCUT2D eigenvalue weighted by Crippen LogP contribution is 2.65. The lowest BCUT2D eigenvalue weighted by molar-refractivity contribution is 0.193. The van der Waals surface area contributed by atoms with E-state index in [0.717, 1.165) is 18.5 Å². The fourth-order valence-electron chi connectivity index (χ4n) is 20.2. The van der Waals surface area contributed by atoms with Crippen LogP contribution in [0.3, 0.4) is 0 Å². The first-order chi connectivity index (χ1) is 48.8. The highest BCUT2D eigenvalue weighted by Gasteiger charge is 2.60. The molecule has 0 N–H and O–H groups in total. The maximum Gasteiger partial charge on any atom is 0.264 e. The molecule has 2 bridgehead atoms. The van der Waals surface area contributed by atoms with Gasteiger partial charge in [-0.3, -0.25) is 0 Å². The summed E-state index contributed by atoms with van der Waals surface area (Å²) in [6.07, 6.45) is 9.53. The predicted molar refractivity (Wildman–Crippen MR) is 439 cm³/mol. The summed E-state index contributed by atoms with van der Waals surface area (Å²) in [4.78, 5) is 10.1. The number of rotatable bonds is 11. The zero-order valence-electron chi connectivity index (χ0n) is 60.5. The molecule has 500 valence electrons. The number of thiophene rings is 1. The molecule has 7 heteroatoms. The molecule has 0 saturated heterocycles. The first-order valence-electron chi connectivity index (χ1n) is 37.4. The van der Waals surface area contributed by atoms with Gasteiger partial charge in [-0.25, -0.2) is 0 Å². The van der Waals surface area contributed by atoms with Crippen LogP contribution < -0.4 is 71.9 Å². The van der Waals surface area contributed by atoms with Crippen LogP contribution in [0.25, 0.3) is 0 Å². The maximum absolute atomic E-state index is 3.08. The third kappa shape index (κ3) is 9.40. The summed E-state index contributed by atoms with van der Waals surface area (Å²) in [6.45, 7) is 24.7. The van der Waals surface area contributed by atoms with E-state index in [1.165, 1.54) is 152 Å². The van der Waals surface area contributed by atoms with Gasteiger partial charge >= 0.3 is 0 Å². The molecular formula is C94H92BN3SSi2. The molecule has 0 spiro atoms. The van der Waals surface area contributed by atoms with Crippen LogP contribution in [-0.2, 0) is 27.1 Å². The van der Waals surface area contributed by atoms with Gasteiger partial charge in [-0.2, -0.15) is 11.3 Å². The van der Waals surface area contributed by atoms with Gasteiger partial charge in [-0.15, -0.1) is 0 Å². The van der Waals surface area contributed by atoms with E-state index < -0.39 is 16.1 Å². The average Bonchev–Trinajstić information content (AvgIpc) is 1.58. The zero-order valence-corrected chi connectivity index (χ0v) is 63.4. The number of anilines is 8. The summed E-state index contributed by atoms with van der Waals surface area (Å²) in [5.74, 6) is 0. The van der Waals surface area contributed by atoms with E-state index in [-0.39, 0.29) is 39.3 Å². The number of hydrogen-bond acceptors (Lipinski definition) is 4. The summed E-state index contributed by atoms with van der Waals surface area (Å²) in [6, 6.07) is 110. The molecule has 4 aliphatic carbocycles. The van der Waals surface area contributed by atoms with E-state index in [1.54, 1.807) is 10.4 Å². The van der Waals surface area contributed by atoms with Gasteiger partial charge in [0.25, 0.3) is 6.71 Å². The maximum atomic E-state index is 2.89. The van der Waals surface area contributed by atoms with Crippen molar-refractivity contribution in [1.82, 2.24) is 0 Å². The highest BCUT2D eigenvalue weighted by molar-refractivity contribution is 7.29. The second-order valence-corrected chi connectivity index (χ2v) is 42.3. The first kappa shape index (κ1) is 64.1. The summed E-state index contributed by atoms with van der Waals surface area (Å²) >= 11 is 2.19. The Morgan fingerprint density at radius 1 is 0.366 bits per heavy atom. The van der Waals surface area contributed by atoms with Gasteiger partial charge in [-0.1, -0.05) is 306 Å². The molecular weight excluding hydrogens is 1270 g/mol. The summed E-state index contributed by atoms with van der Waals surface area (Å²) in [5, 5.41) is 11.0. The summed E-state index contributed by atoms with van der Waals surface area (Å²) in [5.41, 5.74) is 18.8. The van der Waals surface area contributed by atoms with Gasteiger partial charge in [0.15, 0.2) is 16.1 Å². The number of fused-ring (bicyclic) bond motifs is 9. The van der Waals surface area contributed by atoms with E-state index in [2.05, 4.69) is 374 Å². The van der Waals surface area contributed by atoms with Crippen LogP contribution in [0.5, 0.6) is 0 Å². The van der Waals surface area contributed by atoms with Crippen LogP contribution in [0.15, 0.2) is 279 Å².